The average molecular weight is 1020 g/mol. The highest BCUT2D eigenvalue weighted by atomic mass is 16.5. The molecule has 0 saturated heterocycles. The monoisotopic (exact) mass is 1020 g/mol. The Morgan fingerprint density at radius 3 is 0.961 bits per heavy atom. The number of hydrogen-bond donors (Lipinski definition) is 3. The number of unbranched alkanes of at least 4 members (excludes halogenated alkanes) is 15. The third kappa shape index (κ3) is 13.5. The first-order valence-corrected chi connectivity index (χ1v) is 28.8. The maximum atomic E-state index is 6.30. The van der Waals surface area contributed by atoms with E-state index in [-0.39, 0.29) is 0 Å². The topological polar surface area (TPSA) is 114 Å². The van der Waals surface area contributed by atoms with Gasteiger partial charge in [-0.3, -0.25) is 5.10 Å². The summed E-state index contributed by atoms with van der Waals surface area (Å²) in [7, 11) is 0. The second kappa shape index (κ2) is 27.1. The molecule has 4 aromatic heterocycles. The highest BCUT2D eigenvalue weighted by Crippen LogP contribution is 2.40. The molecule has 9 rings (SSSR count). The van der Waals surface area contributed by atoms with Gasteiger partial charge >= 0.3 is 0 Å². The van der Waals surface area contributed by atoms with Crippen LogP contribution >= 0.6 is 0 Å². The van der Waals surface area contributed by atoms with Crippen LogP contribution in [0.25, 0.3) is 90.9 Å². The Kier molecular flexibility index (Phi) is 19.1. The van der Waals surface area contributed by atoms with Crippen LogP contribution in [0.5, 0.6) is 17.2 Å². The number of rotatable bonds is 28. The number of nitrogens with zero attached hydrogens (tertiary/aromatic N) is 3. The third-order valence-electron chi connectivity index (χ3n) is 14.9. The number of nitrogens with one attached hydrogen (secondary N) is 3. The van der Waals surface area contributed by atoms with E-state index in [1.54, 1.807) is 0 Å². The van der Waals surface area contributed by atoms with E-state index < -0.39 is 0 Å². The Hall–Kier alpha value is -7.13. The fraction of sp³-hybridized carbons (Fsp3) is 0.388. The number of benzene rings is 3. The fourth-order valence-corrected chi connectivity index (χ4v) is 10.7. The van der Waals surface area contributed by atoms with Crippen molar-refractivity contribution < 1.29 is 14.2 Å². The molecular formula is C67H80N6O3. The van der Waals surface area contributed by atoms with Crippen molar-refractivity contribution in [3.63, 3.8) is 0 Å². The van der Waals surface area contributed by atoms with Crippen molar-refractivity contribution in [3.05, 3.63) is 131 Å². The lowest BCUT2D eigenvalue weighted by Gasteiger charge is -2.10. The van der Waals surface area contributed by atoms with Gasteiger partial charge in [-0.25, -0.2) is 9.97 Å². The molecule has 76 heavy (non-hydrogen) atoms. The summed E-state index contributed by atoms with van der Waals surface area (Å²) in [6.07, 6.45) is 30.7. The lowest BCUT2D eigenvalue weighted by Crippen LogP contribution is -1.97. The Balaban J connectivity index is 1.18. The molecular weight excluding hydrogens is 937 g/mol. The first-order chi connectivity index (χ1) is 37.4. The minimum absolute atomic E-state index is 0.712. The van der Waals surface area contributed by atoms with Gasteiger partial charge in [0.05, 0.1) is 48.3 Å². The molecule has 0 radical (unpaired) electrons. The maximum Gasteiger partial charge on any atom is 0.119 e. The molecule has 0 saturated carbocycles. The standard InChI is InChI=1S/C67H80N6O3/c1-6-9-12-15-18-21-44-74-52-30-24-49(25-31-52)64-55-36-38-57(68-55)65(50-26-32-53(33-27-50)75-45-22-19-16-13-10-7-2)59-40-42-61(70-59)67(63-47(4)72-73-48(63)5)62-43-41-60(71-62)66(58-39-37-56(64)69-58)51-28-34-54(35-29-51)76-46-23-20-17-14-11-8-3/h24-43,68,71H,6-23,44-46H2,1-5H3,(H,72,73). The molecule has 396 valence electrons. The van der Waals surface area contributed by atoms with Crippen molar-refractivity contribution in [3.8, 4) is 61.8 Å². The van der Waals surface area contributed by atoms with Crippen LogP contribution < -0.4 is 14.2 Å². The first-order valence-electron chi connectivity index (χ1n) is 28.8. The van der Waals surface area contributed by atoms with Crippen LogP contribution in [-0.4, -0.2) is 50.0 Å². The summed E-state index contributed by atoms with van der Waals surface area (Å²) in [4.78, 5) is 18.9. The normalized spacial score (nSPS) is 12.0. The van der Waals surface area contributed by atoms with Gasteiger partial charge in [-0.15, -0.1) is 0 Å². The zero-order chi connectivity index (χ0) is 52.5. The minimum Gasteiger partial charge on any atom is -0.494 e. The molecule has 6 heterocycles. The summed E-state index contributed by atoms with van der Waals surface area (Å²) in [5.41, 5.74) is 17.1. The van der Waals surface area contributed by atoms with Crippen LogP contribution in [-0.2, 0) is 0 Å². The number of aryl methyl sites for hydroxylation is 2. The second-order valence-corrected chi connectivity index (χ2v) is 20.7. The summed E-state index contributed by atoms with van der Waals surface area (Å²) in [6.45, 7) is 13.1. The maximum absolute atomic E-state index is 6.30. The summed E-state index contributed by atoms with van der Waals surface area (Å²) >= 11 is 0. The molecule has 0 atom stereocenters. The van der Waals surface area contributed by atoms with Crippen LogP contribution in [0.2, 0.25) is 0 Å². The molecule has 3 aromatic carbocycles. The lowest BCUT2D eigenvalue weighted by atomic mass is 10.0. The minimum atomic E-state index is 0.712. The average Bonchev–Trinajstić information content (AvgIpc) is 4.34. The number of aromatic amines is 3. The summed E-state index contributed by atoms with van der Waals surface area (Å²) in [5, 5.41) is 7.95. The van der Waals surface area contributed by atoms with E-state index in [2.05, 4.69) is 176 Å². The molecule has 3 N–H and O–H groups in total. The van der Waals surface area contributed by atoms with Gasteiger partial charge in [0, 0.05) is 55.6 Å². The van der Waals surface area contributed by atoms with Crippen LogP contribution in [0.15, 0.2) is 97.1 Å². The van der Waals surface area contributed by atoms with Crippen LogP contribution in [0.1, 0.15) is 171 Å². The lowest BCUT2D eigenvalue weighted by molar-refractivity contribution is 0.304. The van der Waals surface area contributed by atoms with Crippen LogP contribution in [0.3, 0.4) is 0 Å². The van der Waals surface area contributed by atoms with Gasteiger partial charge in [-0.05, 0) is 135 Å². The van der Waals surface area contributed by atoms with Gasteiger partial charge in [-0.1, -0.05) is 153 Å². The van der Waals surface area contributed by atoms with Gasteiger partial charge < -0.3 is 24.2 Å². The van der Waals surface area contributed by atoms with E-state index in [1.165, 1.54) is 96.3 Å². The van der Waals surface area contributed by atoms with E-state index in [4.69, 9.17) is 24.2 Å². The van der Waals surface area contributed by atoms with E-state index in [1.807, 2.05) is 0 Å². The van der Waals surface area contributed by atoms with Gasteiger partial charge in [0.2, 0.25) is 0 Å². The summed E-state index contributed by atoms with van der Waals surface area (Å²) in [5.74, 6) is 2.61. The molecule has 8 bridgehead atoms. The number of hydrogen-bond acceptors (Lipinski definition) is 6. The molecule has 0 fully saturated rings. The van der Waals surface area contributed by atoms with Crippen molar-refractivity contribution >= 4 is 46.4 Å². The van der Waals surface area contributed by atoms with Gasteiger partial charge in [0.25, 0.3) is 0 Å². The largest absolute Gasteiger partial charge is 0.494 e. The summed E-state index contributed by atoms with van der Waals surface area (Å²) in [6, 6.07) is 34.3. The second-order valence-electron chi connectivity index (χ2n) is 20.7. The number of ether oxygens (including phenoxy) is 3. The molecule has 9 nitrogen and oxygen atoms in total. The molecule has 0 amide bonds. The van der Waals surface area contributed by atoms with Crippen molar-refractivity contribution in [1.29, 1.82) is 0 Å². The SMILES string of the molecule is CCCCCCCCOc1ccc(-c2c3nc(c(-c4ccc(OCCCCCCCC)cc4)c4ccc([nH]4)c(-c4c(C)n[nH]c4C)c4nc(c(-c5ccc(OCCCCCCCC)cc5)c5ccc2[nH]5)C=C4)C=C3)cc1. The number of aromatic nitrogens is 6. The highest BCUT2D eigenvalue weighted by Gasteiger charge is 2.21. The van der Waals surface area contributed by atoms with Crippen molar-refractivity contribution in [2.24, 2.45) is 0 Å². The molecule has 0 spiro atoms. The van der Waals surface area contributed by atoms with Crippen LogP contribution in [0.4, 0.5) is 0 Å². The van der Waals surface area contributed by atoms with Gasteiger partial charge in [0.1, 0.15) is 17.2 Å². The Bertz CT molecular complexity index is 3130. The smallest absolute Gasteiger partial charge is 0.119 e. The Labute approximate surface area is 451 Å². The third-order valence-corrected chi connectivity index (χ3v) is 14.9. The predicted molar refractivity (Wildman–Crippen MR) is 319 cm³/mol. The molecule has 2 aliphatic rings. The molecule has 0 unspecified atom stereocenters. The molecule has 9 heteroatoms. The van der Waals surface area contributed by atoms with Crippen molar-refractivity contribution in [2.45, 2.75) is 150 Å². The van der Waals surface area contributed by atoms with Gasteiger partial charge in [-0.2, -0.15) is 5.10 Å². The number of fused-ring (bicyclic) bond motifs is 8. The first kappa shape index (κ1) is 53.7. The number of H-pyrrole nitrogens is 3. The fourth-order valence-electron chi connectivity index (χ4n) is 10.7. The Morgan fingerprint density at radius 2 is 0.645 bits per heavy atom. The van der Waals surface area contributed by atoms with Crippen LogP contribution in [0, 0.1) is 13.8 Å². The van der Waals surface area contributed by atoms with Crippen molar-refractivity contribution in [2.75, 3.05) is 19.8 Å². The van der Waals surface area contributed by atoms with Crippen molar-refractivity contribution in [1.82, 2.24) is 30.1 Å². The van der Waals surface area contributed by atoms with Gasteiger partial charge in [0.15, 0.2) is 0 Å². The zero-order valence-corrected chi connectivity index (χ0v) is 46.0. The van der Waals surface area contributed by atoms with E-state index in [0.717, 1.165) is 137 Å². The Morgan fingerprint density at radius 1 is 0.342 bits per heavy atom. The van der Waals surface area contributed by atoms with E-state index in [9.17, 15) is 0 Å². The predicted octanol–water partition coefficient (Wildman–Crippen LogP) is 18.9. The molecule has 2 aliphatic heterocycles. The highest BCUT2D eigenvalue weighted by molar-refractivity contribution is 6.00. The van der Waals surface area contributed by atoms with E-state index >= 15 is 0 Å². The van der Waals surface area contributed by atoms with E-state index in [0.29, 0.717) is 19.8 Å². The quantitative estimate of drug-likeness (QED) is 0.0421. The molecule has 7 aromatic rings. The summed E-state index contributed by atoms with van der Waals surface area (Å²) < 4.78 is 18.9. The zero-order valence-electron chi connectivity index (χ0n) is 46.0. The molecule has 0 aliphatic carbocycles.